The molecule has 1 aromatic carbocycles. The molecule has 3 nitrogen and oxygen atoms in total. The number of benzene rings is 1. The van der Waals surface area contributed by atoms with Gasteiger partial charge in [0.05, 0.1) is 0 Å². The molecule has 2 aromatic rings. The molecule has 1 aromatic heterocycles. The van der Waals surface area contributed by atoms with Gasteiger partial charge >= 0.3 is 0 Å². The van der Waals surface area contributed by atoms with Crippen LogP contribution in [-0.4, -0.2) is 23.6 Å². The standard InChI is InChI=1S/C23H22N2OS2/c1-15-20-18-12-11-16(14-26)21(27-17-8-4-2-5-9-17)22(18)28-23(20)24-19-10-6-3-7-13-25(15)19/h2,4-5,8-9,14H,1,3,6-7,10-13H2. The molecule has 0 bridgehead atoms. The van der Waals surface area contributed by atoms with Crippen molar-refractivity contribution in [2.45, 2.75) is 43.4 Å². The van der Waals surface area contributed by atoms with E-state index in [-0.39, 0.29) is 0 Å². The second kappa shape index (κ2) is 7.37. The highest BCUT2D eigenvalue weighted by Gasteiger charge is 2.33. The van der Waals surface area contributed by atoms with Gasteiger partial charge in [-0.25, -0.2) is 4.99 Å². The summed E-state index contributed by atoms with van der Waals surface area (Å²) in [5, 5.41) is 1.08. The average Bonchev–Trinajstić information content (AvgIpc) is 2.92. The maximum atomic E-state index is 11.8. The zero-order valence-corrected chi connectivity index (χ0v) is 17.4. The van der Waals surface area contributed by atoms with Crippen molar-refractivity contribution < 1.29 is 4.79 Å². The summed E-state index contributed by atoms with van der Waals surface area (Å²) < 4.78 is 0. The zero-order chi connectivity index (χ0) is 19.1. The van der Waals surface area contributed by atoms with Crippen LogP contribution < -0.4 is 0 Å². The molecule has 1 aliphatic carbocycles. The number of carbonyl (C=O) groups excluding carboxylic acids is 1. The van der Waals surface area contributed by atoms with Crippen LogP contribution >= 0.6 is 23.1 Å². The van der Waals surface area contributed by atoms with Crippen LogP contribution in [0.25, 0.3) is 10.6 Å². The molecular formula is C23H22N2OS2. The largest absolute Gasteiger partial charge is 0.330 e. The molecule has 5 rings (SSSR count). The van der Waals surface area contributed by atoms with Gasteiger partial charge in [0.15, 0.2) is 0 Å². The molecule has 0 N–H and O–H groups in total. The fraction of sp³-hybridized carbons (Fsp3) is 0.304. The minimum atomic E-state index is 0.790. The number of hydrogen-bond donors (Lipinski definition) is 0. The molecule has 1 fully saturated rings. The quantitative estimate of drug-likeness (QED) is 0.562. The van der Waals surface area contributed by atoms with Crippen LogP contribution in [-0.2, 0) is 11.2 Å². The number of nitrogens with zero attached hydrogens (tertiary/aromatic N) is 2. The van der Waals surface area contributed by atoms with Gasteiger partial charge in [0.2, 0.25) is 0 Å². The Labute approximate surface area is 173 Å². The van der Waals surface area contributed by atoms with E-state index in [1.807, 2.05) is 18.2 Å². The summed E-state index contributed by atoms with van der Waals surface area (Å²) in [5.74, 6) is 1.17. The maximum Gasteiger partial charge on any atom is 0.147 e. The van der Waals surface area contributed by atoms with Crippen LogP contribution in [0.1, 0.15) is 48.1 Å². The van der Waals surface area contributed by atoms with Gasteiger partial charge in [-0.05, 0) is 43.4 Å². The van der Waals surface area contributed by atoms with E-state index in [9.17, 15) is 4.79 Å². The number of allylic oxidation sites excluding steroid dienone is 1. The Morgan fingerprint density at radius 1 is 1.11 bits per heavy atom. The first-order valence-electron chi connectivity index (χ1n) is 9.88. The zero-order valence-electron chi connectivity index (χ0n) is 15.7. The van der Waals surface area contributed by atoms with Crippen molar-refractivity contribution in [3.63, 3.8) is 0 Å². The highest BCUT2D eigenvalue weighted by Crippen LogP contribution is 2.53. The van der Waals surface area contributed by atoms with Gasteiger partial charge in [-0.2, -0.15) is 0 Å². The van der Waals surface area contributed by atoms with Crippen molar-refractivity contribution in [3.05, 3.63) is 58.5 Å². The Morgan fingerprint density at radius 3 is 2.79 bits per heavy atom. The highest BCUT2D eigenvalue weighted by atomic mass is 32.2. The normalized spacial score (nSPS) is 18.8. The van der Waals surface area contributed by atoms with E-state index < -0.39 is 0 Å². The number of rotatable bonds is 3. The Bertz CT molecular complexity index is 1020. The number of aliphatic imine (C=N–C) groups is 1. The highest BCUT2D eigenvalue weighted by molar-refractivity contribution is 8.08. The topological polar surface area (TPSA) is 32.7 Å². The first-order valence-corrected chi connectivity index (χ1v) is 11.5. The van der Waals surface area contributed by atoms with E-state index in [2.05, 4.69) is 23.6 Å². The second-order valence-electron chi connectivity index (χ2n) is 7.41. The number of hydrogen-bond acceptors (Lipinski definition) is 5. The van der Waals surface area contributed by atoms with Gasteiger partial charge in [-0.15, -0.1) is 11.3 Å². The lowest BCUT2D eigenvalue weighted by Gasteiger charge is -2.30. The van der Waals surface area contributed by atoms with Gasteiger partial charge in [0, 0.05) is 44.5 Å². The van der Waals surface area contributed by atoms with Crippen LogP contribution in [0.5, 0.6) is 0 Å². The van der Waals surface area contributed by atoms with Crippen LogP contribution in [0.4, 0.5) is 5.00 Å². The van der Waals surface area contributed by atoms with Crippen molar-refractivity contribution in [1.82, 2.24) is 4.90 Å². The molecule has 0 amide bonds. The van der Waals surface area contributed by atoms with Crippen LogP contribution in [0.3, 0.4) is 0 Å². The summed E-state index contributed by atoms with van der Waals surface area (Å²) in [6, 6.07) is 10.3. The fourth-order valence-corrected chi connectivity index (χ4v) is 6.77. The Kier molecular flexibility index (Phi) is 4.73. The SMILES string of the molecule is C=C1c2c(sc3c2CCC(C=O)=C3Sc2ccccc2)N=C2CCCCCN12. The van der Waals surface area contributed by atoms with Gasteiger partial charge in [0.25, 0.3) is 0 Å². The first kappa shape index (κ1) is 18.0. The van der Waals surface area contributed by atoms with E-state index in [0.29, 0.717) is 0 Å². The van der Waals surface area contributed by atoms with Crippen molar-refractivity contribution >= 4 is 50.8 Å². The minimum absolute atomic E-state index is 0.790. The number of thioether (sulfide) groups is 1. The predicted octanol–water partition coefficient (Wildman–Crippen LogP) is 6.29. The summed E-state index contributed by atoms with van der Waals surface area (Å²) in [6.45, 7) is 5.49. The Balaban J connectivity index is 1.61. The van der Waals surface area contributed by atoms with E-state index in [4.69, 9.17) is 4.99 Å². The molecule has 0 atom stereocenters. The Morgan fingerprint density at radius 2 is 1.96 bits per heavy atom. The molecule has 0 saturated carbocycles. The number of aldehydes is 1. The molecule has 0 radical (unpaired) electrons. The smallest absolute Gasteiger partial charge is 0.147 e. The second-order valence-corrected chi connectivity index (χ2v) is 9.50. The third-order valence-corrected chi connectivity index (χ3v) is 8.13. The molecule has 3 heterocycles. The summed E-state index contributed by atoms with van der Waals surface area (Å²) in [7, 11) is 0. The number of carbonyl (C=O) groups is 1. The van der Waals surface area contributed by atoms with Crippen molar-refractivity contribution in [2.24, 2.45) is 4.99 Å². The summed E-state index contributed by atoms with van der Waals surface area (Å²) in [5.41, 5.74) is 4.58. The third kappa shape index (κ3) is 2.97. The van der Waals surface area contributed by atoms with Crippen LogP contribution in [0.2, 0.25) is 0 Å². The van der Waals surface area contributed by atoms with E-state index in [1.54, 1.807) is 23.1 Å². The minimum Gasteiger partial charge on any atom is -0.330 e. The van der Waals surface area contributed by atoms with Gasteiger partial charge < -0.3 is 4.90 Å². The third-order valence-electron chi connectivity index (χ3n) is 5.67. The molecule has 3 aliphatic rings. The monoisotopic (exact) mass is 406 g/mol. The molecule has 1 saturated heterocycles. The van der Waals surface area contributed by atoms with E-state index >= 15 is 0 Å². The van der Waals surface area contributed by atoms with Gasteiger partial charge in [-0.3, -0.25) is 4.79 Å². The van der Waals surface area contributed by atoms with Crippen molar-refractivity contribution in [3.8, 4) is 0 Å². The lowest BCUT2D eigenvalue weighted by atomic mass is 9.93. The molecule has 28 heavy (non-hydrogen) atoms. The molecule has 0 unspecified atom stereocenters. The molecule has 0 spiro atoms. The maximum absolute atomic E-state index is 11.8. The number of thiophene rings is 1. The van der Waals surface area contributed by atoms with E-state index in [0.717, 1.165) is 58.2 Å². The number of amidine groups is 1. The van der Waals surface area contributed by atoms with Gasteiger partial charge in [-0.1, -0.05) is 43.0 Å². The number of fused-ring (bicyclic) bond motifs is 4. The lowest BCUT2D eigenvalue weighted by molar-refractivity contribution is -0.105. The lowest BCUT2D eigenvalue weighted by Crippen LogP contribution is -2.30. The summed E-state index contributed by atoms with van der Waals surface area (Å²) in [4.78, 5) is 22.7. The fourth-order valence-electron chi connectivity index (χ4n) is 4.25. The molecule has 5 heteroatoms. The Hall–Kier alpha value is -2.11. The van der Waals surface area contributed by atoms with Crippen LogP contribution in [0.15, 0.2) is 52.4 Å². The first-order chi connectivity index (χ1) is 13.8. The molecular weight excluding hydrogens is 384 g/mol. The average molecular weight is 407 g/mol. The van der Waals surface area contributed by atoms with Gasteiger partial charge in [0.1, 0.15) is 17.1 Å². The van der Waals surface area contributed by atoms with Crippen molar-refractivity contribution in [2.75, 3.05) is 6.54 Å². The summed E-state index contributed by atoms with van der Waals surface area (Å²) >= 11 is 3.44. The van der Waals surface area contributed by atoms with E-state index in [1.165, 1.54) is 41.1 Å². The molecule has 142 valence electrons. The molecule has 2 aliphatic heterocycles. The predicted molar refractivity (Wildman–Crippen MR) is 119 cm³/mol. The summed E-state index contributed by atoms with van der Waals surface area (Å²) in [6.07, 6.45) is 7.42. The van der Waals surface area contributed by atoms with Crippen LogP contribution in [0, 0.1) is 0 Å². The van der Waals surface area contributed by atoms with Crippen molar-refractivity contribution in [1.29, 1.82) is 0 Å².